The molecule has 0 saturated carbocycles. The fourth-order valence-electron chi connectivity index (χ4n) is 2.71. The normalized spacial score (nSPS) is 16.8. The topological polar surface area (TPSA) is 76.1 Å². The van der Waals surface area contributed by atoms with Gasteiger partial charge in [0.2, 0.25) is 0 Å². The van der Waals surface area contributed by atoms with Gasteiger partial charge in [0.15, 0.2) is 11.5 Å². The first-order valence-corrected chi connectivity index (χ1v) is 8.92. The highest BCUT2D eigenvalue weighted by Crippen LogP contribution is 2.40. The average molecular weight is 370 g/mol. The number of aliphatic hydroxyl groups excluding tert-OH is 1. The van der Waals surface area contributed by atoms with Crippen molar-refractivity contribution in [2.75, 3.05) is 25.1 Å². The van der Waals surface area contributed by atoms with E-state index >= 15 is 0 Å². The molecule has 1 N–H and O–H groups in total. The van der Waals surface area contributed by atoms with Crippen LogP contribution in [0.15, 0.2) is 41.3 Å². The van der Waals surface area contributed by atoms with Gasteiger partial charge in [-0.1, -0.05) is 11.6 Å². The van der Waals surface area contributed by atoms with Crippen molar-refractivity contribution in [1.82, 2.24) is 0 Å². The molecule has 0 spiro atoms. The molecular weight excluding hydrogens is 354 g/mol. The third kappa shape index (κ3) is 2.68. The predicted molar refractivity (Wildman–Crippen MR) is 90.5 cm³/mol. The van der Waals surface area contributed by atoms with Crippen LogP contribution in [-0.4, -0.2) is 34.3 Å². The molecule has 128 valence electrons. The Hall–Kier alpha value is -1.96. The van der Waals surface area contributed by atoms with Gasteiger partial charge in [0.05, 0.1) is 37.5 Å². The number of β-amino-alcohol motifs (C(OH)–C–C–N with tert-alkyl or cyclic N) is 1. The van der Waals surface area contributed by atoms with Crippen molar-refractivity contribution in [3.63, 3.8) is 0 Å². The molecule has 8 heteroatoms. The lowest BCUT2D eigenvalue weighted by Crippen LogP contribution is -2.30. The molecule has 1 atom stereocenters. The molecule has 0 aliphatic carbocycles. The van der Waals surface area contributed by atoms with Gasteiger partial charge in [-0.05, 0) is 30.3 Å². The van der Waals surface area contributed by atoms with E-state index in [4.69, 9.17) is 21.1 Å². The number of halogens is 1. The molecule has 2 aromatic rings. The number of fused-ring (bicyclic) bond motifs is 1. The van der Waals surface area contributed by atoms with Crippen LogP contribution >= 0.6 is 11.6 Å². The van der Waals surface area contributed by atoms with Crippen molar-refractivity contribution < 1.29 is 23.0 Å². The largest absolute Gasteiger partial charge is 0.493 e. The summed E-state index contributed by atoms with van der Waals surface area (Å²) in [6, 6.07) is 9.12. The zero-order valence-electron chi connectivity index (χ0n) is 13.1. The Labute approximate surface area is 145 Å². The molecule has 0 saturated heterocycles. The van der Waals surface area contributed by atoms with Gasteiger partial charge in [0.1, 0.15) is 0 Å². The average Bonchev–Trinajstić information content (AvgIpc) is 2.91. The number of aliphatic hydroxyl groups is 1. The standard InChI is InChI=1S/C16H16ClNO5S/c1-22-15-6-4-11(8-16(15)23-2)24(20,21)18-9-14(19)12-7-10(17)3-5-13(12)18/h3-8,14,19H,9H2,1-2H3/t14-/m0/s1. The molecule has 1 aliphatic heterocycles. The van der Waals surface area contributed by atoms with E-state index in [9.17, 15) is 13.5 Å². The van der Waals surface area contributed by atoms with Crippen molar-refractivity contribution in [3.05, 3.63) is 47.0 Å². The minimum absolute atomic E-state index is 0.0511. The molecule has 0 amide bonds. The molecule has 1 heterocycles. The molecule has 0 fully saturated rings. The lowest BCUT2D eigenvalue weighted by molar-refractivity contribution is 0.197. The van der Waals surface area contributed by atoms with Gasteiger partial charge in [-0.25, -0.2) is 8.42 Å². The zero-order chi connectivity index (χ0) is 17.5. The molecule has 24 heavy (non-hydrogen) atoms. The first-order chi connectivity index (χ1) is 11.4. The molecule has 3 rings (SSSR count). The van der Waals surface area contributed by atoms with E-state index in [1.165, 1.54) is 36.7 Å². The zero-order valence-corrected chi connectivity index (χ0v) is 14.6. The lowest BCUT2D eigenvalue weighted by atomic mass is 10.1. The van der Waals surface area contributed by atoms with E-state index in [0.717, 1.165) is 0 Å². The van der Waals surface area contributed by atoms with Gasteiger partial charge in [-0.15, -0.1) is 0 Å². The van der Waals surface area contributed by atoms with Gasteiger partial charge < -0.3 is 14.6 Å². The van der Waals surface area contributed by atoms with Gasteiger partial charge in [0, 0.05) is 16.7 Å². The molecule has 1 aliphatic rings. The Morgan fingerprint density at radius 1 is 1.12 bits per heavy atom. The van der Waals surface area contributed by atoms with Crippen molar-refractivity contribution in [3.8, 4) is 11.5 Å². The van der Waals surface area contributed by atoms with Crippen LogP contribution in [0, 0.1) is 0 Å². The minimum atomic E-state index is -3.86. The fraction of sp³-hybridized carbons (Fsp3) is 0.250. The highest BCUT2D eigenvalue weighted by atomic mass is 35.5. The Kier molecular flexibility index (Phi) is 4.33. The van der Waals surface area contributed by atoms with Crippen LogP contribution in [-0.2, 0) is 10.0 Å². The smallest absolute Gasteiger partial charge is 0.264 e. The third-order valence-corrected chi connectivity index (χ3v) is 5.91. The number of rotatable bonds is 4. The quantitative estimate of drug-likeness (QED) is 0.896. The second kappa shape index (κ2) is 6.16. The van der Waals surface area contributed by atoms with E-state index in [1.807, 2.05) is 0 Å². The van der Waals surface area contributed by atoms with Crippen molar-refractivity contribution in [1.29, 1.82) is 0 Å². The molecule has 2 aromatic carbocycles. The SMILES string of the molecule is COc1ccc(S(=O)(=O)N2C[C@H](O)c3cc(Cl)ccc32)cc1OC. The second-order valence-corrected chi connectivity index (χ2v) is 7.57. The van der Waals surface area contributed by atoms with Crippen molar-refractivity contribution in [2.45, 2.75) is 11.0 Å². The molecule has 0 aromatic heterocycles. The fourth-order valence-corrected chi connectivity index (χ4v) is 4.40. The first kappa shape index (κ1) is 16.9. The maximum atomic E-state index is 13.0. The van der Waals surface area contributed by atoms with E-state index in [-0.39, 0.29) is 11.4 Å². The van der Waals surface area contributed by atoms with Crippen LogP contribution < -0.4 is 13.8 Å². The number of benzene rings is 2. The Morgan fingerprint density at radius 3 is 2.50 bits per heavy atom. The van der Waals surface area contributed by atoms with Crippen LogP contribution in [0.4, 0.5) is 5.69 Å². The van der Waals surface area contributed by atoms with Crippen molar-refractivity contribution in [2.24, 2.45) is 0 Å². The molecule has 0 bridgehead atoms. The van der Waals surface area contributed by atoms with E-state index in [1.54, 1.807) is 18.2 Å². The van der Waals surface area contributed by atoms with Crippen molar-refractivity contribution >= 4 is 27.3 Å². The number of nitrogens with zero attached hydrogens (tertiary/aromatic N) is 1. The van der Waals surface area contributed by atoms with Gasteiger partial charge in [0.25, 0.3) is 10.0 Å². The maximum absolute atomic E-state index is 13.0. The minimum Gasteiger partial charge on any atom is -0.493 e. The molecule has 0 unspecified atom stereocenters. The summed E-state index contributed by atoms with van der Waals surface area (Å²) in [5, 5.41) is 10.6. The number of sulfonamides is 1. The Balaban J connectivity index is 2.07. The van der Waals surface area contributed by atoms with Gasteiger partial charge >= 0.3 is 0 Å². The summed E-state index contributed by atoms with van der Waals surface area (Å²) in [6.07, 6.45) is -0.923. The van der Waals surface area contributed by atoms with Crippen LogP contribution in [0.1, 0.15) is 11.7 Å². The van der Waals surface area contributed by atoms with Crippen LogP contribution in [0.3, 0.4) is 0 Å². The number of anilines is 1. The highest BCUT2D eigenvalue weighted by Gasteiger charge is 2.36. The molecular formula is C16H16ClNO5S. The number of methoxy groups -OCH3 is 2. The number of ether oxygens (including phenoxy) is 2. The Bertz CT molecular complexity index is 884. The van der Waals surface area contributed by atoms with E-state index in [2.05, 4.69) is 0 Å². The van der Waals surface area contributed by atoms with Gasteiger partial charge in [-0.2, -0.15) is 0 Å². The summed E-state index contributed by atoms with van der Waals surface area (Å²) in [4.78, 5) is 0.0511. The third-order valence-electron chi connectivity index (χ3n) is 3.90. The van der Waals surface area contributed by atoms with Crippen LogP contribution in [0.25, 0.3) is 0 Å². The van der Waals surface area contributed by atoms with Gasteiger partial charge in [-0.3, -0.25) is 4.31 Å². The molecule has 0 radical (unpaired) electrons. The summed E-state index contributed by atoms with van der Waals surface area (Å²) in [5.41, 5.74) is 0.910. The summed E-state index contributed by atoms with van der Waals surface area (Å²) in [6.45, 7) is -0.0631. The predicted octanol–water partition coefficient (Wildman–Crippen LogP) is 2.60. The number of hydrogen-bond donors (Lipinski definition) is 1. The summed E-state index contributed by atoms with van der Waals surface area (Å²) in [7, 11) is -0.950. The highest BCUT2D eigenvalue weighted by molar-refractivity contribution is 7.92. The summed E-state index contributed by atoms with van der Waals surface area (Å²) in [5.74, 6) is 0.750. The van der Waals surface area contributed by atoms with Crippen LogP contribution in [0.2, 0.25) is 5.02 Å². The van der Waals surface area contributed by atoms with Crippen LogP contribution in [0.5, 0.6) is 11.5 Å². The lowest BCUT2D eigenvalue weighted by Gasteiger charge is -2.20. The summed E-state index contributed by atoms with van der Waals surface area (Å²) < 4.78 is 37.4. The monoisotopic (exact) mass is 369 g/mol. The molecule has 6 nitrogen and oxygen atoms in total. The van der Waals surface area contributed by atoms with E-state index < -0.39 is 16.1 Å². The summed E-state index contributed by atoms with van der Waals surface area (Å²) >= 11 is 5.93. The number of hydrogen-bond acceptors (Lipinski definition) is 5. The van der Waals surface area contributed by atoms with E-state index in [0.29, 0.717) is 27.8 Å². The second-order valence-electron chi connectivity index (χ2n) is 5.27. The Morgan fingerprint density at radius 2 is 1.83 bits per heavy atom. The maximum Gasteiger partial charge on any atom is 0.264 e. The first-order valence-electron chi connectivity index (χ1n) is 7.10.